The molecule has 0 unspecified atom stereocenters. The molecule has 0 radical (unpaired) electrons. The molecule has 0 spiro atoms. The Balaban J connectivity index is 3.04. The van der Waals surface area contributed by atoms with Gasteiger partial charge in [0.15, 0.2) is 0 Å². The van der Waals surface area contributed by atoms with Gasteiger partial charge in [0.25, 0.3) is 0 Å². The van der Waals surface area contributed by atoms with Crippen molar-refractivity contribution in [1.29, 1.82) is 0 Å². The van der Waals surface area contributed by atoms with Crippen LogP contribution in [0.15, 0.2) is 18.2 Å². The minimum Gasteiger partial charge on any atom is -0.122 e. The number of rotatable bonds is 1. The quantitative estimate of drug-likeness (QED) is 0.546. The Morgan fingerprint density at radius 3 is 2.60 bits per heavy atom. The van der Waals surface area contributed by atoms with E-state index >= 15 is 0 Å². The van der Waals surface area contributed by atoms with Crippen LogP contribution in [-0.2, 0) is 5.88 Å². The minimum atomic E-state index is 0.524. The van der Waals surface area contributed by atoms with Crippen molar-refractivity contribution in [3.63, 3.8) is 0 Å². The van der Waals surface area contributed by atoms with E-state index in [0.717, 1.165) is 14.2 Å². The zero-order valence-corrected chi connectivity index (χ0v) is 8.74. The molecule has 0 aliphatic carbocycles. The monoisotopic (exact) mass is 286 g/mol. The van der Waals surface area contributed by atoms with Crippen molar-refractivity contribution in [3.8, 4) is 0 Å². The van der Waals surface area contributed by atoms with Crippen LogP contribution < -0.4 is 0 Å². The molecule has 0 saturated heterocycles. The molecule has 54 valence electrons. The van der Waals surface area contributed by atoms with E-state index in [9.17, 15) is 0 Å². The van der Waals surface area contributed by atoms with E-state index in [2.05, 4.69) is 22.6 Å². The fraction of sp³-hybridized carbons (Fsp3) is 0.143. The molecule has 0 nitrogen and oxygen atoms in total. The summed E-state index contributed by atoms with van der Waals surface area (Å²) in [5.41, 5.74) is 1.06. The van der Waals surface area contributed by atoms with E-state index in [1.807, 2.05) is 18.2 Å². The summed E-state index contributed by atoms with van der Waals surface area (Å²) >= 11 is 13.6. The number of benzene rings is 1. The van der Waals surface area contributed by atoms with Crippen LogP contribution in [0.5, 0.6) is 0 Å². The molecule has 1 aromatic carbocycles. The average molecular weight is 287 g/mol. The van der Waals surface area contributed by atoms with E-state index in [-0.39, 0.29) is 0 Å². The molecule has 10 heavy (non-hydrogen) atoms. The maximum Gasteiger partial charge on any atom is 0.0542 e. The van der Waals surface area contributed by atoms with Crippen molar-refractivity contribution < 1.29 is 0 Å². The zero-order valence-electron chi connectivity index (χ0n) is 5.07. The van der Waals surface area contributed by atoms with E-state index in [1.54, 1.807) is 0 Å². The van der Waals surface area contributed by atoms with Crippen LogP contribution in [0, 0.1) is 3.57 Å². The molecule has 0 aliphatic rings. The predicted molar refractivity (Wildman–Crippen MR) is 53.7 cm³/mol. The molecule has 0 atom stereocenters. The number of hydrogen-bond acceptors (Lipinski definition) is 0. The summed E-state index contributed by atoms with van der Waals surface area (Å²) in [5.74, 6) is 0.524. The molecule has 0 aromatic heterocycles. The summed E-state index contributed by atoms with van der Waals surface area (Å²) in [5, 5.41) is 0.777. The van der Waals surface area contributed by atoms with Gasteiger partial charge in [-0.3, -0.25) is 0 Å². The van der Waals surface area contributed by atoms with Gasteiger partial charge in [-0.1, -0.05) is 17.7 Å². The Morgan fingerprint density at radius 1 is 1.40 bits per heavy atom. The lowest BCUT2D eigenvalue weighted by atomic mass is 10.2. The predicted octanol–water partition coefficient (Wildman–Crippen LogP) is 3.68. The molecule has 3 heteroatoms. The smallest absolute Gasteiger partial charge is 0.0542 e. The van der Waals surface area contributed by atoms with Gasteiger partial charge in [0.2, 0.25) is 0 Å². The molecule has 1 aromatic rings. The van der Waals surface area contributed by atoms with Crippen LogP contribution in [0.2, 0.25) is 5.02 Å². The van der Waals surface area contributed by atoms with Crippen molar-refractivity contribution in [1.82, 2.24) is 0 Å². The van der Waals surface area contributed by atoms with Crippen LogP contribution in [0.25, 0.3) is 0 Å². The fourth-order valence-corrected chi connectivity index (χ4v) is 1.33. The maximum absolute atomic E-state index is 5.83. The second kappa shape index (κ2) is 3.79. The summed E-state index contributed by atoms with van der Waals surface area (Å²) in [6, 6.07) is 5.82. The Kier molecular flexibility index (Phi) is 3.27. The van der Waals surface area contributed by atoms with Crippen LogP contribution >= 0.6 is 45.8 Å². The molecule has 0 aliphatic heterocycles. The van der Waals surface area contributed by atoms with E-state index in [0.29, 0.717) is 5.88 Å². The first-order valence-corrected chi connectivity index (χ1v) is 4.73. The van der Waals surface area contributed by atoms with Gasteiger partial charge in [-0.25, -0.2) is 0 Å². The summed E-state index contributed by atoms with van der Waals surface area (Å²) in [7, 11) is 0. The highest BCUT2D eigenvalue weighted by molar-refractivity contribution is 14.1. The third kappa shape index (κ3) is 2.01. The van der Waals surface area contributed by atoms with E-state index in [4.69, 9.17) is 23.2 Å². The van der Waals surface area contributed by atoms with Gasteiger partial charge in [-0.05, 0) is 40.3 Å². The summed E-state index contributed by atoms with van der Waals surface area (Å²) < 4.78 is 1.06. The first-order chi connectivity index (χ1) is 4.74. The van der Waals surface area contributed by atoms with Gasteiger partial charge in [-0.15, -0.1) is 11.6 Å². The van der Waals surface area contributed by atoms with Gasteiger partial charge in [0.05, 0.1) is 5.02 Å². The summed E-state index contributed by atoms with van der Waals surface area (Å²) in [6.07, 6.45) is 0. The lowest BCUT2D eigenvalue weighted by molar-refractivity contribution is 1.39. The van der Waals surface area contributed by atoms with Crippen molar-refractivity contribution >= 4 is 45.8 Å². The van der Waals surface area contributed by atoms with Crippen LogP contribution in [-0.4, -0.2) is 0 Å². The maximum atomic E-state index is 5.83. The minimum absolute atomic E-state index is 0.524. The Bertz CT molecular complexity index is 235. The van der Waals surface area contributed by atoms with Crippen molar-refractivity contribution in [2.75, 3.05) is 0 Å². The number of halogens is 3. The molecule has 0 bridgehead atoms. The molecule has 0 amide bonds. The Labute approximate surface area is 83.7 Å². The van der Waals surface area contributed by atoms with Crippen LogP contribution in [0.4, 0.5) is 0 Å². The molecule has 0 fully saturated rings. The third-order valence-electron chi connectivity index (χ3n) is 1.14. The highest BCUT2D eigenvalue weighted by Gasteiger charge is 1.96. The first-order valence-electron chi connectivity index (χ1n) is 2.74. The van der Waals surface area contributed by atoms with Gasteiger partial charge < -0.3 is 0 Å². The fourth-order valence-electron chi connectivity index (χ4n) is 0.623. The molecule has 0 saturated carbocycles. The van der Waals surface area contributed by atoms with Gasteiger partial charge in [0.1, 0.15) is 0 Å². The van der Waals surface area contributed by atoms with Crippen LogP contribution in [0.1, 0.15) is 5.56 Å². The van der Waals surface area contributed by atoms with Crippen molar-refractivity contribution in [2.45, 2.75) is 5.88 Å². The van der Waals surface area contributed by atoms with Gasteiger partial charge >= 0.3 is 0 Å². The van der Waals surface area contributed by atoms with Gasteiger partial charge in [-0.2, -0.15) is 0 Å². The third-order valence-corrected chi connectivity index (χ3v) is 3.02. The normalized spacial score (nSPS) is 9.90. The SMILES string of the molecule is ClCc1ccc(I)c(Cl)c1. The summed E-state index contributed by atoms with van der Waals surface area (Å²) in [6.45, 7) is 0. The standard InChI is InChI=1S/C7H5Cl2I/c8-4-5-1-2-7(10)6(9)3-5/h1-3H,4H2. The molecule has 0 N–H and O–H groups in total. The largest absolute Gasteiger partial charge is 0.122 e. The molecule has 1 rings (SSSR count). The topological polar surface area (TPSA) is 0 Å². The first kappa shape index (κ1) is 8.62. The van der Waals surface area contributed by atoms with E-state index in [1.165, 1.54) is 0 Å². The highest BCUT2D eigenvalue weighted by atomic mass is 127. The molecular weight excluding hydrogens is 282 g/mol. The highest BCUT2D eigenvalue weighted by Crippen LogP contribution is 2.20. The van der Waals surface area contributed by atoms with Crippen molar-refractivity contribution in [3.05, 3.63) is 32.4 Å². The number of alkyl halides is 1. The second-order valence-electron chi connectivity index (χ2n) is 1.88. The Hall–Kier alpha value is 0.530. The lowest BCUT2D eigenvalue weighted by Gasteiger charge is -1.97. The van der Waals surface area contributed by atoms with Crippen molar-refractivity contribution in [2.24, 2.45) is 0 Å². The Morgan fingerprint density at radius 2 is 2.10 bits per heavy atom. The van der Waals surface area contributed by atoms with Crippen LogP contribution in [0.3, 0.4) is 0 Å². The zero-order chi connectivity index (χ0) is 7.56. The number of hydrogen-bond donors (Lipinski definition) is 0. The second-order valence-corrected chi connectivity index (χ2v) is 3.72. The lowest BCUT2D eigenvalue weighted by Crippen LogP contribution is -1.79. The molecular formula is C7H5Cl2I. The summed E-state index contributed by atoms with van der Waals surface area (Å²) in [4.78, 5) is 0. The molecule has 0 heterocycles. The van der Waals surface area contributed by atoms with Gasteiger partial charge in [0, 0.05) is 9.45 Å². The van der Waals surface area contributed by atoms with E-state index < -0.39 is 0 Å². The average Bonchev–Trinajstić information content (AvgIpc) is 1.95.